The first-order chi connectivity index (χ1) is 11.6. The number of anilines is 1. The van der Waals surface area contributed by atoms with Gasteiger partial charge in [-0.3, -0.25) is 5.41 Å². The Morgan fingerprint density at radius 3 is 2.79 bits per heavy atom. The predicted molar refractivity (Wildman–Crippen MR) is 100 cm³/mol. The van der Waals surface area contributed by atoms with Gasteiger partial charge in [-0.15, -0.1) is 11.3 Å². The summed E-state index contributed by atoms with van der Waals surface area (Å²) in [5.41, 5.74) is 3.09. The van der Waals surface area contributed by atoms with Crippen molar-refractivity contribution in [2.75, 3.05) is 11.4 Å². The van der Waals surface area contributed by atoms with Crippen LogP contribution in [0.2, 0.25) is 5.02 Å². The fourth-order valence-electron chi connectivity index (χ4n) is 2.88. The van der Waals surface area contributed by atoms with Crippen molar-refractivity contribution in [3.63, 3.8) is 0 Å². The molecule has 0 saturated heterocycles. The highest BCUT2D eigenvalue weighted by Crippen LogP contribution is 2.37. The van der Waals surface area contributed by atoms with Crippen LogP contribution in [0.3, 0.4) is 0 Å². The van der Waals surface area contributed by atoms with E-state index in [0.717, 1.165) is 21.5 Å². The highest BCUT2D eigenvalue weighted by molar-refractivity contribution is 7.19. The van der Waals surface area contributed by atoms with E-state index in [0.29, 0.717) is 15.6 Å². The molecule has 0 aliphatic carbocycles. The first-order valence-corrected chi connectivity index (χ1v) is 8.65. The molecule has 3 aromatic rings. The number of nitrogens with one attached hydrogen (secondary N) is 1. The number of aliphatic hydroxyl groups excluding tert-OH is 1. The molecule has 6 heteroatoms. The van der Waals surface area contributed by atoms with Crippen molar-refractivity contribution in [3.05, 3.63) is 63.8 Å². The van der Waals surface area contributed by atoms with Crippen molar-refractivity contribution < 1.29 is 5.11 Å². The minimum absolute atomic E-state index is 0.165. The number of amidine groups is 1. The SMILES string of the molecule is Cc1c(Cl)cccc1N1CC(O)=C(c2nc3ccccc3s2)C1=N. The molecule has 1 aliphatic rings. The van der Waals surface area contributed by atoms with Gasteiger partial charge in [0, 0.05) is 10.7 Å². The topological polar surface area (TPSA) is 60.2 Å². The molecule has 0 unspecified atom stereocenters. The second-order valence-electron chi connectivity index (χ2n) is 5.63. The summed E-state index contributed by atoms with van der Waals surface area (Å²) >= 11 is 7.68. The van der Waals surface area contributed by atoms with E-state index >= 15 is 0 Å². The van der Waals surface area contributed by atoms with E-state index in [1.165, 1.54) is 11.3 Å². The number of rotatable bonds is 2. The molecule has 1 aromatic heterocycles. The quantitative estimate of drug-likeness (QED) is 0.678. The van der Waals surface area contributed by atoms with Gasteiger partial charge in [-0.25, -0.2) is 4.98 Å². The van der Waals surface area contributed by atoms with Crippen molar-refractivity contribution in [3.8, 4) is 0 Å². The lowest BCUT2D eigenvalue weighted by molar-refractivity contribution is 0.411. The minimum atomic E-state index is 0.165. The van der Waals surface area contributed by atoms with Gasteiger partial charge in [0.25, 0.3) is 0 Å². The number of hydrogen-bond acceptors (Lipinski definition) is 4. The monoisotopic (exact) mass is 355 g/mol. The Hall–Kier alpha value is -2.37. The smallest absolute Gasteiger partial charge is 0.139 e. The van der Waals surface area contributed by atoms with Crippen molar-refractivity contribution in [1.82, 2.24) is 4.98 Å². The number of nitrogens with zero attached hydrogens (tertiary/aromatic N) is 2. The third-order valence-electron chi connectivity index (χ3n) is 4.14. The number of aliphatic hydroxyl groups is 1. The Kier molecular flexibility index (Phi) is 3.55. The minimum Gasteiger partial charge on any atom is -0.510 e. The fraction of sp³-hybridized carbons (Fsp3) is 0.111. The molecule has 0 spiro atoms. The van der Waals surface area contributed by atoms with E-state index in [9.17, 15) is 5.11 Å². The molecular weight excluding hydrogens is 342 g/mol. The van der Waals surface area contributed by atoms with Crippen LogP contribution in [0.15, 0.2) is 48.2 Å². The van der Waals surface area contributed by atoms with Gasteiger partial charge in [0.1, 0.15) is 16.6 Å². The molecular formula is C18H14ClN3OS. The van der Waals surface area contributed by atoms with Gasteiger partial charge in [0.15, 0.2) is 0 Å². The Balaban J connectivity index is 1.76. The van der Waals surface area contributed by atoms with Crippen LogP contribution in [0.25, 0.3) is 15.8 Å². The van der Waals surface area contributed by atoms with Gasteiger partial charge < -0.3 is 10.0 Å². The van der Waals surface area contributed by atoms with Gasteiger partial charge in [-0.05, 0) is 36.8 Å². The van der Waals surface area contributed by atoms with Gasteiger partial charge >= 0.3 is 0 Å². The molecule has 120 valence electrons. The number of para-hydroxylation sites is 1. The Morgan fingerprint density at radius 2 is 2.00 bits per heavy atom. The van der Waals surface area contributed by atoms with Crippen LogP contribution in [0.4, 0.5) is 5.69 Å². The van der Waals surface area contributed by atoms with Crippen LogP contribution in [-0.2, 0) is 0 Å². The molecule has 0 saturated carbocycles. The molecule has 1 aliphatic heterocycles. The van der Waals surface area contributed by atoms with E-state index in [1.54, 1.807) is 4.90 Å². The average Bonchev–Trinajstić information content (AvgIpc) is 3.10. The van der Waals surface area contributed by atoms with Gasteiger partial charge in [0.2, 0.25) is 0 Å². The van der Waals surface area contributed by atoms with Gasteiger partial charge in [0.05, 0.1) is 22.3 Å². The lowest BCUT2D eigenvalue weighted by Gasteiger charge is -2.21. The standard InChI is InChI=1S/C18H14ClN3OS/c1-10-11(19)5-4-7-13(10)22-9-14(23)16(17(22)20)18-21-12-6-2-3-8-15(12)24-18/h2-8,20,23H,9H2,1H3. The van der Waals surface area contributed by atoms with Crippen molar-refractivity contribution >= 4 is 50.3 Å². The lowest BCUT2D eigenvalue weighted by atomic mass is 10.1. The summed E-state index contributed by atoms with van der Waals surface area (Å²) in [5, 5.41) is 20.3. The fourth-order valence-corrected chi connectivity index (χ4v) is 4.08. The number of halogens is 1. The van der Waals surface area contributed by atoms with Crippen LogP contribution in [0, 0.1) is 12.3 Å². The molecule has 0 fully saturated rings. The predicted octanol–water partition coefficient (Wildman–Crippen LogP) is 5.02. The van der Waals surface area contributed by atoms with Crippen molar-refractivity contribution in [1.29, 1.82) is 5.41 Å². The molecule has 2 aromatic carbocycles. The molecule has 4 rings (SSSR count). The van der Waals surface area contributed by atoms with Crippen molar-refractivity contribution in [2.24, 2.45) is 0 Å². The van der Waals surface area contributed by atoms with Crippen LogP contribution in [-0.4, -0.2) is 22.5 Å². The molecule has 4 nitrogen and oxygen atoms in total. The third-order valence-corrected chi connectivity index (χ3v) is 5.60. The average molecular weight is 356 g/mol. The zero-order chi connectivity index (χ0) is 16.8. The van der Waals surface area contributed by atoms with E-state index in [4.69, 9.17) is 17.0 Å². The van der Waals surface area contributed by atoms with E-state index in [1.807, 2.05) is 49.4 Å². The molecule has 0 amide bonds. The summed E-state index contributed by atoms with van der Waals surface area (Å²) in [6.45, 7) is 2.17. The Morgan fingerprint density at radius 1 is 1.21 bits per heavy atom. The van der Waals surface area contributed by atoms with Crippen molar-refractivity contribution in [2.45, 2.75) is 6.92 Å². The molecule has 0 bridgehead atoms. The Bertz CT molecular complexity index is 975. The largest absolute Gasteiger partial charge is 0.510 e. The van der Waals surface area contributed by atoms with Crippen LogP contribution in [0.5, 0.6) is 0 Å². The summed E-state index contributed by atoms with van der Waals surface area (Å²) in [5.74, 6) is 0.412. The number of hydrogen-bond donors (Lipinski definition) is 2. The molecule has 24 heavy (non-hydrogen) atoms. The third kappa shape index (κ3) is 2.28. The van der Waals surface area contributed by atoms with E-state index < -0.39 is 0 Å². The summed E-state index contributed by atoms with van der Waals surface area (Å²) in [4.78, 5) is 6.33. The highest BCUT2D eigenvalue weighted by Gasteiger charge is 2.32. The maximum absolute atomic E-state index is 10.5. The molecule has 0 radical (unpaired) electrons. The summed E-state index contributed by atoms with van der Waals surface area (Å²) in [6, 6.07) is 13.4. The van der Waals surface area contributed by atoms with E-state index in [2.05, 4.69) is 4.98 Å². The second-order valence-corrected chi connectivity index (χ2v) is 7.06. The number of benzene rings is 2. The Labute approximate surface area is 148 Å². The molecule has 0 atom stereocenters. The first-order valence-electron chi connectivity index (χ1n) is 7.46. The molecule has 2 N–H and O–H groups in total. The zero-order valence-electron chi connectivity index (χ0n) is 12.9. The summed E-state index contributed by atoms with van der Waals surface area (Å²) in [6.07, 6.45) is 0. The second kappa shape index (κ2) is 5.61. The summed E-state index contributed by atoms with van der Waals surface area (Å²) in [7, 11) is 0. The number of fused-ring (bicyclic) bond motifs is 1. The number of aromatic nitrogens is 1. The normalized spacial score (nSPS) is 14.9. The summed E-state index contributed by atoms with van der Waals surface area (Å²) < 4.78 is 1.04. The van der Waals surface area contributed by atoms with Crippen LogP contribution >= 0.6 is 22.9 Å². The zero-order valence-corrected chi connectivity index (χ0v) is 14.4. The van der Waals surface area contributed by atoms with Gasteiger partial charge in [-0.2, -0.15) is 0 Å². The maximum atomic E-state index is 10.5. The maximum Gasteiger partial charge on any atom is 0.139 e. The first kappa shape index (κ1) is 15.2. The highest BCUT2D eigenvalue weighted by atomic mass is 35.5. The number of thiazole rings is 1. The van der Waals surface area contributed by atoms with Crippen LogP contribution < -0.4 is 4.90 Å². The van der Waals surface area contributed by atoms with Gasteiger partial charge in [-0.1, -0.05) is 29.8 Å². The lowest BCUT2D eigenvalue weighted by Crippen LogP contribution is -2.26. The molecule has 2 heterocycles. The van der Waals surface area contributed by atoms with E-state index in [-0.39, 0.29) is 18.1 Å². The van der Waals surface area contributed by atoms with Crippen LogP contribution in [0.1, 0.15) is 10.6 Å².